The molecule has 0 spiro atoms. The van der Waals surface area contributed by atoms with E-state index in [1.807, 2.05) is 6.07 Å². The van der Waals surface area contributed by atoms with Crippen LogP contribution in [0.5, 0.6) is 0 Å². The summed E-state index contributed by atoms with van der Waals surface area (Å²) < 4.78 is 5.04. The first kappa shape index (κ1) is 10.3. The van der Waals surface area contributed by atoms with Crippen LogP contribution in [0, 0.1) is 18.3 Å². The fourth-order valence-electron chi connectivity index (χ4n) is 1.01. The number of nitriles is 1. The van der Waals surface area contributed by atoms with E-state index in [0.717, 1.165) is 5.56 Å². The van der Waals surface area contributed by atoms with Crippen LogP contribution in [-0.4, -0.2) is 23.9 Å². The van der Waals surface area contributed by atoms with E-state index < -0.39 is 6.04 Å². The summed E-state index contributed by atoms with van der Waals surface area (Å²) in [4.78, 5) is 13.1. The Morgan fingerprint density at radius 2 is 2.36 bits per heavy atom. The molecule has 1 rings (SSSR count). The monoisotopic (exact) mass is 192 g/mol. The summed E-state index contributed by atoms with van der Waals surface area (Å²) in [6.07, 6.45) is 1.47. The van der Waals surface area contributed by atoms with E-state index in [1.54, 1.807) is 27.0 Å². The van der Waals surface area contributed by atoms with Gasteiger partial charge < -0.3 is 9.32 Å². The van der Waals surface area contributed by atoms with Crippen molar-refractivity contribution in [1.82, 2.24) is 4.90 Å². The molecule has 0 bridgehead atoms. The molecule has 0 radical (unpaired) electrons. The maximum absolute atomic E-state index is 11.7. The SMILES string of the molecule is Cc1ccoc1C(=O)N(C)C(C)C#N. The van der Waals surface area contributed by atoms with Gasteiger partial charge in [0.15, 0.2) is 5.76 Å². The first-order chi connectivity index (χ1) is 6.57. The number of hydrogen-bond donors (Lipinski definition) is 0. The molecule has 14 heavy (non-hydrogen) atoms. The van der Waals surface area contributed by atoms with E-state index in [-0.39, 0.29) is 5.91 Å². The molecule has 0 aliphatic carbocycles. The van der Waals surface area contributed by atoms with Gasteiger partial charge in [-0.1, -0.05) is 0 Å². The van der Waals surface area contributed by atoms with Crippen LogP contribution in [0.15, 0.2) is 16.7 Å². The van der Waals surface area contributed by atoms with Crippen LogP contribution in [0.2, 0.25) is 0 Å². The van der Waals surface area contributed by atoms with E-state index in [4.69, 9.17) is 9.68 Å². The lowest BCUT2D eigenvalue weighted by atomic mass is 10.2. The van der Waals surface area contributed by atoms with Gasteiger partial charge in [-0.3, -0.25) is 4.79 Å². The fraction of sp³-hybridized carbons (Fsp3) is 0.400. The Balaban J connectivity index is 2.87. The van der Waals surface area contributed by atoms with Gasteiger partial charge in [-0.2, -0.15) is 5.26 Å². The molecule has 1 heterocycles. The predicted molar refractivity (Wildman–Crippen MR) is 50.6 cm³/mol. The van der Waals surface area contributed by atoms with Crippen molar-refractivity contribution in [3.63, 3.8) is 0 Å². The number of carbonyl (C=O) groups is 1. The Kier molecular flexibility index (Phi) is 2.92. The molecule has 0 fully saturated rings. The Morgan fingerprint density at radius 3 is 2.79 bits per heavy atom. The zero-order valence-corrected chi connectivity index (χ0v) is 8.44. The molecular weight excluding hydrogens is 180 g/mol. The number of nitrogens with zero attached hydrogens (tertiary/aromatic N) is 2. The van der Waals surface area contributed by atoms with Crippen LogP contribution < -0.4 is 0 Å². The maximum atomic E-state index is 11.7. The molecule has 4 heteroatoms. The lowest BCUT2D eigenvalue weighted by Gasteiger charge is -2.18. The number of amides is 1. The summed E-state index contributed by atoms with van der Waals surface area (Å²) >= 11 is 0. The molecule has 1 aromatic heterocycles. The van der Waals surface area contributed by atoms with Gasteiger partial charge in [0.05, 0.1) is 12.3 Å². The number of rotatable bonds is 2. The van der Waals surface area contributed by atoms with Crippen LogP contribution in [0.4, 0.5) is 0 Å². The Morgan fingerprint density at radius 1 is 1.71 bits per heavy atom. The third kappa shape index (κ3) is 1.77. The van der Waals surface area contributed by atoms with Crippen LogP contribution >= 0.6 is 0 Å². The number of aryl methyl sites for hydroxylation is 1. The molecule has 0 aliphatic rings. The van der Waals surface area contributed by atoms with Crippen LogP contribution in [-0.2, 0) is 0 Å². The second-order valence-electron chi connectivity index (χ2n) is 3.15. The van der Waals surface area contributed by atoms with E-state index in [9.17, 15) is 4.79 Å². The highest BCUT2D eigenvalue weighted by atomic mass is 16.3. The zero-order valence-electron chi connectivity index (χ0n) is 8.44. The van der Waals surface area contributed by atoms with Gasteiger partial charge in [0.2, 0.25) is 0 Å². The van der Waals surface area contributed by atoms with Crippen LogP contribution in [0.25, 0.3) is 0 Å². The van der Waals surface area contributed by atoms with Crippen molar-refractivity contribution >= 4 is 5.91 Å². The fourth-order valence-corrected chi connectivity index (χ4v) is 1.01. The van der Waals surface area contributed by atoms with Crippen molar-refractivity contribution in [2.45, 2.75) is 19.9 Å². The van der Waals surface area contributed by atoms with Crippen molar-refractivity contribution < 1.29 is 9.21 Å². The Bertz CT molecular complexity index is 376. The molecule has 0 aromatic carbocycles. The quantitative estimate of drug-likeness (QED) is 0.714. The highest BCUT2D eigenvalue weighted by Crippen LogP contribution is 2.12. The highest BCUT2D eigenvalue weighted by Gasteiger charge is 2.20. The van der Waals surface area contributed by atoms with Crippen molar-refractivity contribution in [3.05, 3.63) is 23.7 Å². The van der Waals surface area contributed by atoms with Crippen molar-refractivity contribution in [2.24, 2.45) is 0 Å². The lowest BCUT2D eigenvalue weighted by molar-refractivity contribution is 0.0740. The molecule has 4 nitrogen and oxygen atoms in total. The maximum Gasteiger partial charge on any atom is 0.290 e. The van der Waals surface area contributed by atoms with E-state index in [1.165, 1.54) is 11.2 Å². The minimum Gasteiger partial charge on any atom is -0.459 e. The summed E-state index contributed by atoms with van der Waals surface area (Å²) in [5, 5.41) is 8.65. The van der Waals surface area contributed by atoms with Crippen molar-refractivity contribution in [2.75, 3.05) is 7.05 Å². The zero-order chi connectivity index (χ0) is 10.7. The van der Waals surface area contributed by atoms with E-state index >= 15 is 0 Å². The van der Waals surface area contributed by atoms with E-state index in [0.29, 0.717) is 5.76 Å². The van der Waals surface area contributed by atoms with Gasteiger partial charge in [-0.25, -0.2) is 0 Å². The molecular formula is C10H12N2O2. The number of carbonyl (C=O) groups excluding carboxylic acids is 1. The Labute approximate surface area is 82.7 Å². The predicted octanol–water partition coefficient (Wildman–Crippen LogP) is 1.57. The third-order valence-corrected chi connectivity index (χ3v) is 2.14. The van der Waals surface area contributed by atoms with Gasteiger partial charge in [0, 0.05) is 12.6 Å². The number of furan rings is 1. The minimum atomic E-state index is -0.452. The molecule has 1 aromatic rings. The molecule has 0 saturated heterocycles. The van der Waals surface area contributed by atoms with E-state index in [2.05, 4.69) is 0 Å². The van der Waals surface area contributed by atoms with Crippen molar-refractivity contribution in [1.29, 1.82) is 5.26 Å². The van der Waals surface area contributed by atoms with Gasteiger partial charge in [0.1, 0.15) is 6.04 Å². The number of hydrogen-bond acceptors (Lipinski definition) is 3. The largest absolute Gasteiger partial charge is 0.459 e. The topological polar surface area (TPSA) is 57.2 Å². The van der Waals surface area contributed by atoms with Crippen LogP contribution in [0.3, 0.4) is 0 Å². The lowest BCUT2D eigenvalue weighted by Crippen LogP contribution is -2.34. The highest BCUT2D eigenvalue weighted by molar-refractivity contribution is 5.93. The second kappa shape index (κ2) is 3.97. The normalized spacial score (nSPS) is 11.9. The standard InChI is InChI=1S/C10H12N2O2/c1-7-4-5-14-9(7)10(13)12(3)8(2)6-11/h4-5,8H,1-3H3. The second-order valence-corrected chi connectivity index (χ2v) is 3.15. The minimum absolute atomic E-state index is 0.262. The van der Waals surface area contributed by atoms with Gasteiger partial charge >= 0.3 is 0 Å². The summed E-state index contributed by atoms with van der Waals surface area (Å²) in [5.74, 6) is 0.0381. The first-order valence-electron chi connectivity index (χ1n) is 4.28. The van der Waals surface area contributed by atoms with Gasteiger partial charge in [-0.15, -0.1) is 0 Å². The summed E-state index contributed by atoms with van der Waals surface area (Å²) in [6.45, 7) is 3.46. The molecule has 74 valence electrons. The molecule has 0 saturated carbocycles. The smallest absolute Gasteiger partial charge is 0.290 e. The summed E-state index contributed by atoms with van der Waals surface area (Å²) in [7, 11) is 1.58. The molecule has 0 N–H and O–H groups in total. The average Bonchev–Trinajstić information content (AvgIpc) is 2.61. The Hall–Kier alpha value is -1.76. The first-order valence-corrected chi connectivity index (χ1v) is 4.28. The van der Waals surface area contributed by atoms with Crippen molar-refractivity contribution in [3.8, 4) is 6.07 Å². The molecule has 1 unspecified atom stereocenters. The van der Waals surface area contributed by atoms with Gasteiger partial charge in [0.25, 0.3) is 5.91 Å². The van der Waals surface area contributed by atoms with Crippen LogP contribution in [0.1, 0.15) is 23.0 Å². The molecule has 1 amide bonds. The summed E-state index contributed by atoms with van der Waals surface area (Å²) in [6, 6.07) is 3.26. The molecule has 0 aliphatic heterocycles. The third-order valence-electron chi connectivity index (χ3n) is 2.14. The average molecular weight is 192 g/mol. The van der Waals surface area contributed by atoms with Gasteiger partial charge in [-0.05, 0) is 19.9 Å². The molecule has 1 atom stereocenters. The summed E-state index contributed by atoms with van der Waals surface area (Å²) in [5.41, 5.74) is 0.784.